The lowest BCUT2D eigenvalue weighted by Gasteiger charge is -2.33. The average Bonchev–Trinajstić information content (AvgIpc) is 2.18. The van der Waals surface area contributed by atoms with Gasteiger partial charge in [-0.15, -0.1) is 0 Å². The van der Waals surface area contributed by atoms with Crippen LogP contribution >= 0.6 is 11.6 Å². The number of nitrogens with one attached hydrogen (secondary N) is 1. The van der Waals surface area contributed by atoms with Crippen LogP contribution in [-0.2, 0) is 0 Å². The molecule has 1 aliphatic carbocycles. The number of halogens is 1. The van der Waals surface area contributed by atoms with Crippen LogP contribution in [0.3, 0.4) is 0 Å². The summed E-state index contributed by atoms with van der Waals surface area (Å²) in [6.45, 7) is 0. The second-order valence-corrected chi connectivity index (χ2v) is 4.29. The summed E-state index contributed by atoms with van der Waals surface area (Å²) in [6, 6.07) is 8.21. The molecule has 0 aromatic heterocycles. The van der Waals surface area contributed by atoms with Crippen molar-refractivity contribution >= 4 is 17.3 Å². The Labute approximate surface area is 93.8 Å². The van der Waals surface area contributed by atoms with E-state index in [1.54, 1.807) is 12.1 Å². The largest absolute Gasteiger partial charge is 0.382 e. The molecule has 0 spiro atoms. The van der Waals surface area contributed by atoms with Gasteiger partial charge in [0.15, 0.2) is 0 Å². The SMILES string of the molecule is N#Cc1cc(NC2CC(N)C2)ccc1Cl. The summed E-state index contributed by atoms with van der Waals surface area (Å²) in [7, 11) is 0. The Hall–Kier alpha value is -1.24. The molecule has 0 heterocycles. The standard InChI is InChI=1S/C11H12ClN3/c12-11-2-1-9(3-7(11)6-13)15-10-4-8(14)5-10/h1-3,8,10,15H,4-5,14H2. The maximum atomic E-state index is 8.81. The van der Waals surface area contributed by atoms with Crippen molar-refractivity contribution in [3.8, 4) is 6.07 Å². The van der Waals surface area contributed by atoms with Gasteiger partial charge in [-0.2, -0.15) is 5.26 Å². The van der Waals surface area contributed by atoms with Gasteiger partial charge < -0.3 is 11.1 Å². The van der Waals surface area contributed by atoms with Gasteiger partial charge in [-0.1, -0.05) is 11.6 Å². The fourth-order valence-corrected chi connectivity index (χ4v) is 1.88. The molecule has 0 bridgehead atoms. The Bertz CT molecular complexity index is 405. The van der Waals surface area contributed by atoms with E-state index in [2.05, 4.69) is 11.4 Å². The van der Waals surface area contributed by atoms with E-state index < -0.39 is 0 Å². The summed E-state index contributed by atoms with van der Waals surface area (Å²) >= 11 is 5.83. The second kappa shape index (κ2) is 4.09. The van der Waals surface area contributed by atoms with Crippen molar-refractivity contribution in [2.45, 2.75) is 24.9 Å². The van der Waals surface area contributed by atoms with Gasteiger partial charge in [0.1, 0.15) is 6.07 Å². The van der Waals surface area contributed by atoms with Crippen molar-refractivity contribution in [3.63, 3.8) is 0 Å². The third kappa shape index (κ3) is 2.23. The number of benzene rings is 1. The maximum absolute atomic E-state index is 8.81. The molecule has 1 saturated carbocycles. The molecule has 0 atom stereocenters. The highest BCUT2D eigenvalue weighted by Gasteiger charge is 2.25. The molecule has 15 heavy (non-hydrogen) atoms. The molecule has 3 nitrogen and oxygen atoms in total. The van der Waals surface area contributed by atoms with E-state index in [1.807, 2.05) is 6.07 Å². The Morgan fingerprint density at radius 2 is 2.20 bits per heavy atom. The lowest BCUT2D eigenvalue weighted by molar-refractivity contribution is 0.373. The van der Waals surface area contributed by atoms with E-state index in [4.69, 9.17) is 22.6 Å². The third-order valence-electron chi connectivity index (χ3n) is 2.63. The van der Waals surface area contributed by atoms with Crippen LogP contribution in [0, 0.1) is 11.3 Å². The summed E-state index contributed by atoms with van der Waals surface area (Å²) in [5.74, 6) is 0. The van der Waals surface area contributed by atoms with E-state index >= 15 is 0 Å². The molecular weight excluding hydrogens is 210 g/mol. The number of nitrogens with zero attached hydrogens (tertiary/aromatic N) is 1. The zero-order valence-electron chi connectivity index (χ0n) is 8.20. The first-order valence-electron chi connectivity index (χ1n) is 4.91. The lowest BCUT2D eigenvalue weighted by Crippen LogP contribution is -2.44. The molecule has 1 aliphatic rings. The molecule has 3 N–H and O–H groups in total. The van der Waals surface area contributed by atoms with E-state index in [-0.39, 0.29) is 0 Å². The Morgan fingerprint density at radius 3 is 2.80 bits per heavy atom. The van der Waals surface area contributed by atoms with Gasteiger partial charge in [0.25, 0.3) is 0 Å². The van der Waals surface area contributed by atoms with Crippen molar-refractivity contribution < 1.29 is 0 Å². The van der Waals surface area contributed by atoms with Crippen LogP contribution in [0.2, 0.25) is 5.02 Å². The highest BCUT2D eigenvalue weighted by atomic mass is 35.5. The number of nitriles is 1. The molecule has 0 amide bonds. The van der Waals surface area contributed by atoms with Gasteiger partial charge >= 0.3 is 0 Å². The van der Waals surface area contributed by atoms with E-state index in [1.165, 1.54) is 0 Å². The fourth-order valence-electron chi connectivity index (χ4n) is 1.72. The van der Waals surface area contributed by atoms with Gasteiger partial charge in [0.2, 0.25) is 0 Å². The molecule has 1 aromatic rings. The summed E-state index contributed by atoms with van der Waals surface area (Å²) in [5, 5.41) is 12.6. The van der Waals surface area contributed by atoms with E-state index in [9.17, 15) is 0 Å². The minimum Gasteiger partial charge on any atom is -0.382 e. The topological polar surface area (TPSA) is 61.8 Å². The first-order valence-corrected chi connectivity index (χ1v) is 5.28. The van der Waals surface area contributed by atoms with Crippen LogP contribution in [0.1, 0.15) is 18.4 Å². The van der Waals surface area contributed by atoms with Crippen LogP contribution in [0.15, 0.2) is 18.2 Å². The zero-order chi connectivity index (χ0) is 10.8. The van der Waals surface area contributed by atoms with Gasteiger partial charge in [0.05, 0.1) is 10.6 Å². The summed E-state index contributed by atoms with van der Waals surface area (Å²) in [6.07, 6.45) is 1.98. The van der Waals surface area contributed by atoms with Crippen LogP contribution in [0.25, 0.3) is 0 Å². The predicted octanol–water partition coefficient (Wildman–Crippen LogP) is 2.11. The zero-order valence-corrected chi connectivity index (χ0v) is 8.96. The molecule has 78 valence electrons. The first-order chi connectivity index (χ1) is 7.19. The first kappa shape index (κ1) is 10.3. The Kier molecular flexibility index (Phi) is 2.81. The molecule has 0 aliphatic heterocycles. The number of nitrogens with two attached hydrogens (primary N) is 1. The highest BCUT2D eigenvalue weighted by Crippen LogP contribution is 2.25. The molecule has 1 fully saturated rings. The van der Waals surface area contributed by atoms with Crippen molar-refractivity contribution in [2.75, 3.05) is 5.32 Å². The predicted molar refractivity (Wildman–Crippen MR) is 60.8 cm³/mol. The van der Waals surface area contributed by atoms with Gasteiger partial charge in [-0.05, 0) is 31.0 Å². The van der Waals surface area contributed by atoms with E-state index in [0.29, 0.717) is 22.7 Å². The summed E-state index contributed by atoms with van der Waals surface area (Å²) in [4.78, 5) is 0. The molecule has 1 aromatic carbocycles. The number of hydrogen-bond donors (Lipinski definition) is 2. The van der Waals surface area contributed by atoms with Crippen LogP contribution in [0.5, 0.6) is 0 Å². The minimum atomic E-state index is 0.324. The van der Waals surface area contributed by atoms with Crippen molar-refractivity contribution in [1.82, 2.24) is 0 Å². The fraction of sp³-hybridized carbons (Fsp3) is 0.364. The highest BCUT2D eigenvalue weighted by molar-refractivity contribution is 6.31. The van der Waals surface area contributed by atoms with Crippen LogP contribution in [-0.4, -0.2) is 12.1 Å². The monoisotopic (exact) mass is 221 g/mol. The van der Waals surface area contributed by atoms with Gasteiger partial charge in [0, 0.05) is 17.8 Å². The second-order valence-electron chi connectivity index (χ2n) is 3.88. The Balaban J connectivity index is 2.06. The normalized spacial score (nSPS) is 24.1. The van der Waals surface area contributed by atoms with E-state index in [0.717, 1.165) is 18.5 Å². The van der Waals surface area contributed by atoms with Crippen molar-refractivity contribution in [1.29, 1.82) is 5.26 Å². The average molecular weight is 222 g/mol. The molecule has 0 radical (unpaired) electrons. The maximum Gasteiger partial charge on any atom is 0.101 e. The third-order valence-corrected chi connectivity index (χ3v) is 2.96. The van der Waals surface area contributed by atoms with Gasteiger partial charge in [-0.25, -0.2) is 0 Å². The number of rotatable bonds is 2. The smallest absolute Gasteiger partial charge is 0.101 e. The van der Waals surface area contributed by atoms with Crippen molar-refractivity contribution in [3.05, 3.63) is 28.8 Å². The van der Waals surface area contributed by atoms with Crippen LogP contribution in [0.4, 0.5) is 5.69 Å². The molecule has 2 rings (SSSR count). The Morgan fingerprint density at radius 1 is 1.47 bits per heavy atom. The van der Waals surface area contributed by atoms with Crippen molar-refractivity contribution in [2.24, 2.45) is 5.73 Å². The lowest BCUT2D eigenvalue weighted by atomic mass is 9.87. The number of hydrogen-bond acceptors (Lipinski definition) is 3. The minimum absolute atomic E-state index is 0.324. The quantitative estimate of drug-likeness (QED) is 0.804. The number of anilines is 1. The van der Waals surface area contributed by atoms with Gasteiger partial charge in [-0.3, -0.25) is 0 Å². The summed E-state index contributed by atoms with van der Waals surface area (Å²) < 4.78 is 0. The van der Waals surface area contributed by atoms with Crippen LogP contribution < -0.4 is 11.1 Å². The summed E-state index contributed by atoms with van der Waals surface area (Å²) in [5.41, 5.74) is 7.13. The molecule has 4 heteroatoms. The molecular formula is C11H12ClN3. The molecule has 0 unspecified atom stereocenters. The molecule has 0 saturated heterocycles.